The molecule has 1 N–H and O–H groups in total. The van der Waals surface area contributed by atoms with Gasteiger partial charge in [-0.15, -0.1) is 0 Å². The van der Waals surface area contributed by atoms with Crippen LogP contribution in [0.2, 0.25) is 0 Å². The molecule has 156 valence electrons. The van der Waals surface area contributed by atoms with Crippen molar-refractivity contribution in [1.82, 2.24) is 9.73 Å². The van der Waals surface area contributed by atoms with Crippen molar-refractivity contribution in [2.75, 3.05) is 13.1 Å². The second kappa shape index (κ2) is 8.41. The standard InChI is InChI=1S/C22H23N3O4S/c1-16(21-15-17-8-3-4-11-20(17)29-21)23-24-22(26)18-9-7-10-19(14-18)30(27,28)25-12-5-2-6-13-25/h3-4,7-11,14-15H,2,5-6,12-13H2,1H3,(H,24,26)/b23-16+. The average molecular weight is 426 g/mol. The number of fused-ring (bicyclic) bond motifs is 1. The molecule has 30 heavy (non-hydrogen) atoms. The molecule has 8 heteroatoms. The summed E-state index contributed by atoms with van der Waals surface area (Å²) < 4.78 is 32.9. The highest BCUT2D eigenvalue weighted by atomic mass is 32.2. The SMILES string of the molecule is C/C(=N\NC(=O)c1cccc(S(=O)(=O)N2CCCCC2)c1)c1cc2ccccc2o1. The van der Waals surface area contributed by atoms with Gasteiger partial charge in [0.2, 0.25) is 10.0 Å². The van der Waals surface area contributed by atoms with E-state index in [1.165, 1.54) is 16.4 Å². The van der Waals surface area contributed by atoms with Crippen molar-refractivity contribution in [2.45, 2.75) is 31.1 Å². The minimum Gasteiger partial charge on any atom is -0.455 e. The number of hydrogen-bond acceptors (Lipinski definition) is 5. The van der Waals surface area contributed by atoms with E-state index in [0.29, 0.717) is 24.6 Å². The summed E-state index contributed by atoms with van der Waals surface area (Å²) in [6.45, 7) is 2.76. The van der Waals surface area contributed by atoms with Crippen LogP contribution in [-0.2, 0) is 10.0 Å². The Balaban J connectivity index is 1.51. The van der Waals surface area contributed by atoms with Crippen LogP contribution in [0.4, 0.5) is 0 Å². The first-order chi connectivity index (χ1) is 14.4. The molecule has 0 radical (unpaired) electrons. The van der Waals surface area contributed by atoms with Crippen molar-refractivity contribution >= 4 is 32.6 Å². The summed E-state index contributed by atoms with van der Waals surface area (Å²) >= 11 is 0. The third-order valence-electron chi connectivity index (χ3n) is 5.16. The maximum atomic E-state index is 12.9. The number of hydrazone groups is 1. The molecule has 0 saturated carbocycles. The molecule has 1 aliphatic rings. The maximum absolute atomic E-state index is 12.9. The number of rotatable bonds is 5. The van der Waals surface area contributed by atoms with Crippen LogP contribution in [0.15, 0.2) is 69.0 Å². The Morgan fingerprint density at radius 3 is 2.57 bits per heavy atom. The highest BCUT2D eigenvalue weighted by Crippen LogP contribution is 2.22. The van der Waals surface area contributed by atoms with Gasteiger partial charge in [0.1, 0.15) is 11.3 Å². The lowest BCUT2D eigenvalue weighted by Crippen LogP contribution is -2.35. The van der Waals surface area contributed by atoms with E-state index in [2.05, 4.69) is 10.5 Å². The zero-order valence-electron chi connectivity index (χ0n) is 16.7. The van der Waals surface area contributed by atoms with E-state index >= 15 is 0 Å². The van der Waals surface area contributed by atoms with Crippen LogP contribution in [0.25, 0.3) is 11.0 Å². The molecule has 0 unspecified atom stereocenters. The van der Waals surface area contributed by atoms with Gasteiger partial charge in [0, 0.05) is 24.0 Å². The fourth-order valence-corrected chi connectivity index (χ4v) is 5.03. The first kappa shape index (κ1) is 20.3. The third-order valence-corrected chi connectivity index (χ3v) is 7.05. The molecule has 7 nitrogen and oxygen atoms in total. The van der Waals surface area contributed by atoms with Crippen LogP contribution in [0.3, 0.4) is 0 Å². The second-order valence-corrected chi connectivity index (χ2v) is 9.22. The average Bonchev–Trinajstić information content (AvgIpc) is 3.22. The zero-order chi connectivity index (χ0) is 21.1. The van der Waals surface area contributed by atoms with Gasteiger partial charge in [0.15, 0.2) is 5.76 Å². The lowest BCUT2D eigenvalue weighted by Gasteiger charge is -2.25. The van der Waals surface area contributed by atoms with Gasteiger partial charge in [0.05, 0.1) is 4.90 Å². The molecule has 0 bridgehead atoms. The van der Waals surface area contributed by atoms with Gasteiger partial charge in [-0.25, -0.2) is 13.8 Å². The summed E-state index contributed by atoms with van der Waals surface area (Å²) in [6.07, 6.45) is 2.75. The summed E-state index contributed by atoms with van der Waals surface area (Å²) in [5.74, 6) is 0.0686. The van der Waals surface area contributed by atoms with Crippen molar-refractivity contribution in [3.05, 3.63) is 65.9 Å². The largest absolute Gasteiger partial charge is 0.455 e. The molecule has 3 aromatic rings. The summed E-state index contributed by atoms with van der Waals surface area (Å²) in [7, 11) is -3.60. The highest BCUT2D eigenvalue weighted by Gasteiger charge is 2.26. The topological polar surface area (TPSA) is 92.0 Å². The van der Waals surface area contributed by atoms with Crippen molar-refractivity contribution in [2.24, 2.45) is 5.10 Å². The van der Waals surface area contributed by atoms with Crippen molar-refractivity contribution in [3.8, 4) is 0 Å². The van der Waals surface area contributed by atoms with Crippen molar-refractivity contribution in [3.63, 3.8) is 0 Å². The number of sulfonamides is 1. The van der Waals surface area contributed by atoms with Gasteiger partial charge in [-0.1, -0.05) is 30.7 Å². The fourth-order valence-electron chi connectivity index (χ4n) is 3.47. The first-order valence-electron chi connectivity index (χ1n) is 9.89. The molecule has 2 heterocycles. The molecular weight excluding hydrogens is 402 g/mol. The van der Waals surface area contributed by atoms with Crippen LogP contribution in [0.5, 0.6) is 0 Å². The number of carbonyl (C=O) groups is 1. The van der Waals surface area contributed by atoms with Crippen LogP contribution in [-0.4, -0.2) is 37.4 Å². The monoisotopic (exact) mass is 425 g/mol. The van der Waals surface area contributed by atoms with E-state index in [4.69, 9.17) is 4.42 Å². The van der Waals surface area contributed by atoms with Crippen LogP contribution in [0.1, 0.15) is 42.3 Å². The number of carbonyl (C=O) groups excluding carboxylic acids is 1. The minimum atomic E-state index is -3.60. The lowest BCUT2D eigenvalue weighted by molar-refractivity contribution is 0.0954. The number of benzene rings is 2. The van der Waals surface area contributed by atoms with E-state index in [-0.39, 0.29) is 10.5 Å². The number of nitrogens with zero attached hydrogens (tertiary/aromatic N) is 2. The Morgan fingerprint density at radius 2 is 1.80 bits per heavy atom. The summed E-state index contributed by atoms with van der Waals surface area (Å²) in [6, 6.07) is 15.5. The molecule has 1 fully saturated rings. The Morgan fingerprint density at radius 1 is 1.03 bits per heavy atom. The van der Waals surface area contributed by atoms with Crippen molar-refractivity contribution in [1.29, 1.82) is 0 Å². The van der Waals surface area contributed by atoms with E-state index in [1.807, 2.05) is 30.3 Å². The molecule has 1 saturated heterocycles. The molecule has 0 spiro atoms. The molecule has 1 aromatic heterocycles. The molecule has 0 atom stereocenters. The van der Waals surface area contributed by atoms with Gasteiger partial charge in [-0.3, -0.25) is 4.79 Å². The zero-order valence-corrected chi connectivity index (χ0v) is 17.5. The first-order valence-corrected chi connectivity index (χ1v) is 11.3. The van der Waals surface area contributed by atoms with E-state index in [0.717, 1.165) is 30.2 Å². The number of nitrogens with one attached hydrogen (secondary N) is 1. The Kier molecular flexibility index (Phi) is 5.69. The van der Waals surface area contributed by atoms with E-state index < -0.39 is 15.9 Å². The quantitative estimate of drug-likeness (QED) is 0.498. The predicted molar refractivity (Wildman–Crippen MR) is 115 cm³/mol. The Labute approximate surface area is 175 Å². The molecule has 0 aliphatic carbocycles. The maximum Gasteiger partial charge on any atom is 0.271 e. The number of para-hydroxylation sites is 1. The summed E-state index contributed by atoms with van der Waals surface area (Å²) in [4.78, 5) is 12.7. The summed E-state index contributed by atoms with van der Waals surface area (Å²) in [5.41, 5.74) is 3.96. The van der Waals surface area contributed by atoms with Gasteiger partial charge >= 0.3 is 0 Å². The van der Waals surface area contributed by atoms with Gasteiger partial charge in [-0.2, -0.15) is 9.41 Å². The molecule has 4 rings (SSSR count). The van der Waals surface area contributed by atoms with Crippen LogP contribution >= 0.6 is 0 Å². The highest BCUT2D eigenvalue weighted by molar-refractivity contribution is 7.89. The van der Waals surface area contributed by atoms with E-state index in [9.17, 15) is 13.2 Å². The molecule has 1 amide bonds. The predicted octanol–water partition coefficient (Wildman–Crippen LogP) is 3.76. The van der Waals surface area contributed by atoms with Crippen LogP contribution < -0.4 is 5.43 Å². The second-order valence-electron chi connectivity index (χ2n) is 7.28. The van der Waals surface area contributed by atoms with Gasteiger partial charge in [-0.05, 0) is 50.1 Å². The fraction of sp³-hybridized carbons (Fsp3) is 0.273. The lowest BCUT2D eigenvalue weighted by atomic mass is 10.2. The van der Waals surface area contributed by atoms with Crippen LogP contribution in [0, 0.1) is 0 Å². The smallest absolute Gasteiger partial charge is 0.271 e. The summed E-state index contributed by atoms with van der Waals surface area (Å²) in [5, 5.41) is 5.06. The van der Waals surface area contributed by atoms with Crippen molar-refractivity contribution < 1.29 is 17.6 Å². The van der Waals surface area contributed by atoms with E-state index in [1.54, 1.807) is 19.1 Å². The molecular formula is C22H23N3O4S. The number of furan rings is 1. The Bertz CT molecular complexity index is 1170. The molecule has 2 aromatic carbocycles. The molecule has 1 aliphatic heterocycles. The van der Waals surface area contributed by atoms with Gasteiger partial charge < -0.3 is 4.42 Å². The number of hydrogen-bond donors (Lipinski definition) is 1. The minimum absolute atomic E-state index is 0.120. The number of piperidine rings is 1. The third kappa shape index (κ3) is 4.15. The van der Waals surface area contributed by atoms with Gasteiger partial charge in [0.25, 0.3) is 5.91 Å². The number of amides is 1. The Hall–Kier alpha value is -2.97. The normalized spacial score (nSPS) is 16.0.